The van der Waals surface area contributed by atoms with Crippen molar-refractivity contribution in [3.8, 4) is 0 Å². The maximum absolute atomic E-state index is 10.3. The highest BCUT2D eigenvalue weighted by molar-refractivity contribution is 6.30. The van der Waals surface area contributed by atoms with E-state index in [4.69, 9.17) is 11.6 Å². The summed E-state index contributed by atoms with van der Waals surface area (Å²) in [6.45, 7) is 4.93. The predicted molar refractivity (Wildman–Crippen MR) is 90.2 cm³/mol. The van der Waals surface area contributed by atoms with Crippen LogP contribution in [0.4, 0.5) is 0 Å². The Morgan fingerprint density at radius 1 is 1.14 bits per heavy atom. The van der Waals surface area contributed by atoms with Gasteiger partial charge in [-0.15, -0.1) is 0 Å². The van der Waals surface area contributed by atoms with Crippen molar-refractivity contribution in [2.45, 2.75) is 32.9 Å². The summed E-state index contributed by atoms with van der Waals surface area (Å²) in [6, 6.07) is 11.6. The van der Waals surface area contributed by atoms with Gasteiger partial charge in [-0.2, -0.15) is 0 Å². The molecule has 0 saturated carbocycles. The fourth-order valence-electron chi connectivity index (χ4n) is 2.60. The Morgan fingerprint density at radius 3 is 2.55 bits per heavy atom. The first-order valence-electron chi connectivity index (χ1n) is 7.40. The molecule has 3 nitrogen and oxygen atoms in total. The second kappa shape index (κ2) is 6.11. The van der Waals surface area contributed by atoms with Gasteiger partial charge in [-0.1, -0.05) is 23.7 Å². The van der Waals surface area contributed by atoms with Gasteiger partial charge in [0.15, 0.2) is 0 Å². The van der Waals surface area contributed by atoms with Crippen LogP contribution in [-0.4, -0.2) is 14.7 Å². The second-order valence-corrected chi connectivity index (χ2v) is 6.16. The average molecular weight is 315 g/mol. The minimum atomic E-state index is -0.499. The van der Waals surface area contributed by atoms with Gasteiger partial charge >= 0.3 is 0 Å². The zero-order valence-electron chi connectivity index (χ0n) is 12.8. The SMILES string of the molecule is Cc1cc2ncn(CCC(O)c3ccc(Cl)cc3)c2cc1C. The lowest BCUT2D eigenvalue weighted by molar-refractivity contribution is 0.161. The summed E-state index contributed by atoms with van der Waals surface area (Å²) in [5.74, 6) is 0. The fourth-order valence-corrected chi connectivity index (χ4v) is 2.73. The molecule has 0 aliphatic heterocycles. The molecule has 1 aromatic heterocycles. The van der Waals surface area contributed by atoms with Crippen molar-refractivity contribution in [3.05, 3.63) is 64.4 Å². The van der Waals surface area contributed by atoms with Gasteiger partial charge in [0.25, 0.3) is 0 Å². The zero-order valence-corrected chi connectivity index (χ0v) is 13.5. The number of aliphatic hydroxyl groups excluding tert-OH is 1. The Balaban J connectivity index is 1.76. The third-order valence-electron chi connectivity index (χ3n) is 4.13. The van der Waals surface area contributed by atoms with Crippen molar-refractivity contribution >= 4 is 22.6 Å². The standard InChI is InChI=1S/C18H19ClN2O/c1-12-9-16-17(10-13(12)2)21(11-20-16)8-7-18(22)14-3-5-15(19)6-4-14/h3-6,9-11,18,22H,7-8H2,1-2H3. The number of nitrogens with zero attached hydrogens (tertiary/aromatic N) is 2. The average Bonchev–Trinajstić information content (AvgIpc) is 2.88. The molecule has 0 radical (unpaired) electrons. The summed E-state index contributed by atoms with van der Waals surface area (Å²) in [7, 11) is 0. The molecule has 0 aliphatic rings. The number of benzene rings is 2. The van der Waals surface area contributed by atoms with Crippen molar-refractivity contribution < 1.29 is 5.11 Å². The molecular formula is C18H19ClN2O. The van der Waals surface area contributed by atoms with Gasteiger partial charge in [-0.3, -0.25) is 0 Å². The highest BCUT2D eigenvalue weighted by Gasteiger charge is 2.10. The van der Waals surface area contributed by atoms with E-state index in [0.717, 1.165) is 23.1 Å². The van der Waals surface area contributed by atoms with E-state index in [-0.39, 0.29) is 0 Å². The van der Waals surface area contributed by atoms with E-state index in [1.807, 2.05) is 18.5 Å². The van der Waals surface area contributed by atoms with Gasteiger partial charge in [0, 0.05) is 11.6 Å². The summed E-state index contributed by atoms with van der Waals surface area (Å²) in [5, 5.41) is 11.0. The van der Waals surface area contributed by atoms with Crippen LogP contribution in [0.2, 0.25) is 5.02 Å². The fraction of sp³-hybridized carbons (Fsp3) is 0.278. The minimum absolute atomic E-state index is 0.499. The lowest BCUT2D eigenvalue weighted by atomic mass is 10.1. The van der Waals surface area contributed by atoms with Crippen LogP contribution in [0.15, 0.2) is 42.7 Å². The summed E-state index contributed by atoms with van der Waals surface area (Å²) in [6.07, 6.45) is 1.99. The van der Waals surface area contributed by atoms with E-state index < -0.39 is 6.10 Å². The first kappa shape index (κ1) is 15.1. The Hall–Kier alpha value is -1.84. The van der Waals surface area contributed by atoms with Gasteiger partial charge in [-0.05, 0) is 61.2 Å². The van der Waals surface area contributed by atoms with Crippen LogP contribution < -0.4 is 0 Å². The van der Waals surface area contributed by atoms with Crippen LogP contribution in [0.1, 0.15) is 29.2 Å². The highest BCUT2D eigenvalue weighted by atomic mass is 35.5. The van der Waals surface area contributed by atoms with Crippen LogP contribution in [0.3, 0.4) is 0 Å². The first-order valence-corrected chi connectivity index (χ1v) is 7.78. The number of imidazole rings is 1. The molecule has 1 atom stereocenters. The number of aliphatic hydroxyl groups is 1. The molecule has 0 bridgehead atoms. The van der Waals surface area contributed by atoms with Gasteiger partial charge in [0.1, 0.15) is 0 Å². The largest absolute Gasteiger partial charge is 0.388 e. The normalized spacial score (nSPS) is 12.7. The summed E-state index contributed by atoms with van der Waals surface area (Å²) >= 11 is 5.87. The van der Waals surface area contributed by atoms with Crippen LogP contribution in [0.5, 0.6) is 0 Å². The molecule has 0 spiro atoms. The molecule has 1 unspecified atom stereocenters. The maximum atomic E-state index is 10.3. The molecular weight excluding hydrogens is 296 g/mol. The molecule has 0 fully saturated rings. The Bertz CT molecular complexity index is 793. The van der Waals surface area contributed by atoms with Gasteiger partial charge in [0.2, 0.25) is 0 Å². The van der Waals surface area contributed by atoms with Crippen LogP contribution in [0, 0.1) is 13.8 Å². The van der Waals surface area contributed by atoms with Gasteiger partial charge < -0.3 is 9.67 Å². The summed E-state index contributed by atoms with van der Waals surface area (Å²) < 4.78 is 2.10. The van der Waals surface area contributed by atoms with E-state index in [2.05, 4.69) is 35.5 Å². The monoisotopic (exact) mass is 314 g/mol. The number of aryl methyl sites for hydroxylation is 3. The molecule has 0 amide bonds. The van der Waals surface area contributed by atoms with E-state index >= 15 is 0 Å². The minimum Gasteiger partial charge on any atom is -0.388 e. The molecule has 3 rings (SSSR count). The molecule has 22 heavy (non-hydrogen) atoms. The number of hydrogen-bond donors (Lipinski definition) is 1. The van der Waals surface area contributed by atoms with Crippen LogP contribution in [0.25, 0.3) is 11.0 Å². The predicted octanol–water partition coefficient (Wildman–Crippen LogP) is 4.43. The van der Waals surface area contributed by atoms with E-state index in [1.165, 1.54) is 11.1 Å². The number of halogens is 1. The number of aromatic nitrogens is 2. The topological polar surface area (TPSA) is 38.0 Å². The van der Waals surface area contributed by atoms with Crippen LogP contribution in [-0.2, 0) is 6.54 Å². The molecule has 1 N–H and O–H groups in total. The lowest BCUT2D eigenvalue weighted by Gasteiger charge is -2.12. The van der Waals surface area contributed by atoms with Crippen molar-refractivity contribution in [1.82, 2.24) is 9.55 Å². The second-order valence-electron chi connectivity index (χ2n) is 5.72. The van der Waals surface area contributed by atoms with Crippen molar-refractivity contribution in [2.24, 2.45) is 0 Å². The molecule has 114 valence electrons. The third kappa shape index (κ3) is 3.01. The number of hydrogen-bond acceptors (Lipinski definition) is 2. The third-order valence-corrected chi connectivity index (χ3v) is 4.39. The first-order chi connectivity index (χ1) is 10.5. The Kier molecular flexibility index (Phi) is 4.19. The van der Waals surface area contributed by atoms with E-state index in [0.29, 0.717) is 11.4 Å². The maximum Gasteiger partial charge on any atom is 0.0958 e. The number of fused-ring (bicyclic) bond motifs is 1. The summed E-state index contributed by atoms with van der Waals surface area (Å²) in [5.41, 5.74) is 5.52. The highest BCUT2D eigenvalue weighted by Crippen LogP contribution is 2.22. The summed E-state index contributed by atoms with van der Waals surface area (Å²) in [4.78, 5) is 4.45. The van der Waals surface area contributed by atoms with E-state index in [9.17, 15) is 5.11 Å². The van der Waals surface area contributed by atoms with Crippen LogP contribution >= 0.6 is 11.6 Å². The van der Waals surface area contributed by atoms with E-state index in [1.54, 1.807) is 12.1 Å². The smallest absolute Gasteiger partial charge is 0.0958 e. The quantitative estimate of drug-likeness (QED) is 0.773. The van der Waals surface area contributed by atoms with Crippen molar-refractivity contribution in [2.75, 3.05) is 0 Å². The van der Waals surface area contributed by atoms with Crippen molar-refractivity contribution in [3.63, 3.8) is 0 Å². The van der Waals surface area contributed by atoms with Gasteiger partial charge in [-0.25, -0.2) is 4.98 Å². The Labute approximate surface area is 135 Å². The molecule has 3 aromatic rings. The lowest BCUT2D eigenvalue weighted by Crippen LogP contribution is -2.04. The molecule has 4 heteroatoms. The van der Waals surface area contributed by atoms with Gasteiger partial charge in [0.05, 0.1) is 23.5 Å². The molecule has 0 saturated heterocycles. The number of rotatable bonds is 4. The molecule has 1 heterocycles. The zero-order chi connectivity index (χ0) is 15.7. The molecule has 0 aliphatic carbocycles. The molecule has 2 aromatic carbocycles. The van der Waals surface area contributed by atoms with Crippen molar-refractivity contribution in [1.29, 1.82) is 0 Å². The Morgan fingerprint density at radius 2 is 1.82 bits per heavy atom.